The molecule has 24 heavy (non-hydrogen) atoms. The third kappa shape index (κ3) is 2.23. The van der Waals surface area contributed by atoms with Crippen LogP contribution < -0.4 is 5.32 Å². The van der Waals surface area contributed by atoms with Crippen LogP contribution in [-0.2, 0) is 0 Å². The van der Waals surface area contributed by atoms with E-state index in [1.165, 1.54) is 0 Å². The monoisotopic (exact) mass is 326 g/mol. The molecule has 4 heterocycles. The van der Waals surface area contributed by atoms with Crippen molar-refractivity contribution in [1.82, 2.24) is 29.6 Å². The molecular weight excluding hydrogens is 304 g/mol. The number of nitrogens with zero attached hydrogens (tertiary/aromatic N) is 4. The van der Waals surface area contributed by atoms with Gasteiger partial charge in [-0.05, 0) is 18.9 Å². The quantitative estimate of drug-likeness (QED) is 0.775. The van der Waals surface area contributed by atoms with Crippen LogP contribution in [-0.4, -0.2) is 49.9 Å². The van der Waals surface area contributed by atoms with Crippen molar-refractivity contribution in [3.05, 3.63) is 30.4 Å². The Morgan fingerprint density at radius 1 is 1.33 bits per heavy atom. The van der Waals surface area contributed by atoms with Crippen LogP contribution in [0.15, 0.2) is 24.7 Å². The zero-order chi connectivity index (χ0) is 16.7. The highest BCUT2D eigenvalue weighted by molar-refractivity contribution is 5.76. The summed E-state index contributed by atoms with van der Waals surface area (Å²) in [7, 11) is 0. The van der Waals surface area contributed by atoms with E-state index in [4.69, 9.17) is 0 Å². The third-order valence-electron chi connectivity index (χ3n) is 5.03. The van der Waals surface area contributed by atoms with Gasteiger partial charge in [0.1, 0.15) is 0 Å². The first-order valence-corrected chi connectivity index (χ1v) is 8.55. The van der Waals surface area contributed by atoms with Crippen LogP contribution in [0.25, 0.3) is 16.8 Å². The third-order valence-corrected chi connectivity index (χ3v) is 5.03. The summed E-state index contributed by atoms with van der Waals surface area (Å²) in [6.07, 6.45) is 6.67. The molecule has 1 saturated heterocycles. The average molecular weight is 326 g/mol. The molecule has 1 fully saturated rings. The van der Waals surface area contributed by atoms with E-state index in [0.717, 1.165) is 42.0 Å². The number of rotatable bonds is 3. The summed E-state index contributed by atoms with van der Waals surface area (Å²) in [5.74, 6) is 0.725. The molecule has 2 N–H and O–H groups in total. The number of fused-ring (bicyclic) bond motifs is 3. The van der Waals surface area contributed by atoms with Gasteiger partial charge in [0.25, 0.3) is 0 Å². The molecule has 2 atom stereocenters. The number of aromatic amines is 1. The lowest BCUT2D eigenvalue weighted by Crippen LogP contribution is -2.38. The number of amides is 2. The highest BCUT2D eigenvalue weighted by Gasteiger charge is 2.36. The van der Waals surface area contributed by atoms with Gasteiger partial charge in [0.05, 0.1) is 11.7 Å². The molecular formula is C17H22N6O. The lowest BCUT2D eigenvalue weighted by atomic mass is 9.91. The molecule has 0 saturated carbocycles. The highest BCUT2D eigenvalue weighted by atomic mass is 16.2. The maximum absolute atomic E-state index is 12.2. The van der Waals surface area contributed by atoms with Gasteiger partial charge < -0.3 is 15.2 Å². The normalized spacial score (nSPS) is 21.0. The van der Waals surface area contributed by atoms with E-state index in [1.54, 1.807) is 6.20 Å². The van der Waals surface area contributed by atoms with Crippen molar-refractivity contribution in [2.45, 2.75) is 26.2 Å². The van der Waals surface area contributed by atoms with Crippen LogP contribution in [0.3, 0.4) is 0 Å². The second kappa shape index (κ2) is 5.81. The van der Waals surface area contributed by atoms with Crippen LogP contribution in [0, 0.1) is 5.92 Å². The number of H-pyrrole nitrogens is 1. The summed E-state index contributed by atoms with van der Waals surface area (Å²) in [6.45, 7) is 6.31. The first kappa shape index (κ1) is 15.0. The van der Waals surface area contributed by atoms with Crippen LogP contribution in [0.5, 0.6) is 0 Å². The predicted molar refractivity (Wildman–Crippen MR) is 92.0 cm³/mol. The summed E-state index contributed by atoms with van der Waals surface area (Å²) in [4.78, 5) is 26.3. The van der Waals surface area contributed by atoms with Crippen LogP contribution in [0.1, 0.15) is 31.9 Å². The smallest absolute Gasteiger partial charge is 0.317 e. The van der Waals surface area contributed by atoms with Gasteiger partial charge in [-0.2, -0.15) is 0 Å². The molecule has 0 unspecified atom stereocenters. The number of carbonyl (C=O) groups is 1. The number of urea groups is 1. The van der Waals surface area contributed by atoms with E-state index in [1.807, 2.05) is 30.3 Å². The Morgan fingerprint density at radius 3 is 3.00 bits per heavy atom. The fraction of sp³-hybridized carbons (Fsp3) is 0.471. The topological polar surface area (TPSA) is 78.3 Å². The van der Waals surface area contributed by atoms with E-state index in [9.17, 15) is 4.79 Å². The van der Waals surface area contributed by atoms with Crippen molar-refractivity contribution in [3.63, 3.8) is 0 Å². The number of nitrogens with one attached hydrogen (secondary N) is 2. The molecule has 1 aliphatic rings. The second-order valence-electron chi connectivity index (χ2n) is 6.36. The number of imidazole rings is 1. The van der Waals surface area contributed by atoms with Crippen molar-refractivity contribution < 1.29 is 4.79 Å². The zero-order valence-electron chi connectivity index (χ0n) is 14.0. The number of carbonyl (C=O) groups excluding carboxylic acids is 1. The first-order valence-electron chi connectivity index (χ1n) is 8.55. The van der Waals surface area contributed by atoms with Crippen LogP contribution in [0.2, 0.25) is 0 Å². The van der Waals surface area contributed by atoms with Crippen LogP contribution in [0.4, 0.5) is 4.79 Å². The minimum Gasteiger partial charge on any atom is -0.345 e. The van der Waals surface area contributed by atoms with Gasteiger partial charge in [0, 0.05) is 43.6 Å². The molecule has 0 radical (unpaired) electrons. The summed E-state index contributed by atoms with van der Waals surface area (Å²) in [5, 5.41) is 2.91. The fourth-order valence-electron chi connectivity index (χ4n) is 3.80. The Labute approximate surface area is 140 Å². The van der Waals surface area contributed by atoms with Gasteiger partial charge in [-0.15, -0.1) is 0 Å². The molecule has 3 aromatic heterocycles. The predicted octanol–water partition coefficient (Wildman–Crippen LogP) is 2.37. The zero-order valence-corrected chi connectivity index (χ0v) is 14.0. The van der Waals surface area contributed by atoms with Crippen LogP contribution >= 0.6 is 0 Å². The van der Waals surface area contributed by atoms with Gasteiger partial charge in [0.2, 0.25) is 0 Å². The Balaban J connectivity index is 1.76. The maximum Gasteiger partial charge on any atom is 0.317 e. The summed E-state index contributed by atoms with van der Waals surface area (Å²) < 4.78 is 2.17. The number of likely N-dealkylation sites (tertiary alicyclic amines) is 1. The minimum absolute atomic E-state index is 0.0285. The van der Waals surface area contributed by atoms with E-state index >= 15 is 0 Å². The van der Waals surface area contributed by atoms with Gasteiger partial charge in [0.15, 0.2) is 11.3 Å². The van der Waals surface area contributed by atoms with Crippen molar-refractivity contribution in [1.29, 1.82) is 0 Å². The Morgan fingerprint density at radius 2 is 2.21 bits per heavy atom. The van der Waals surface area contributed by atoms with Crippen molar-refractivity contribution in [2.24, 2.45) is 5.92 Å². The van der Waals surface area contributed by atoms with E-state index in [0.29, 0.717) is 12.5 Å². The first-order chi connectivity index (χ1) is 11.7. The Kier molecular flexibility index (Phi) is 3.63. The Hall–Kier alpha value is -2.57. The van der Waals surface area contributed by atoms with Crippen molar-refractivity contribution in [3.8, 4) is 0 Å². The minimum atomic E-state index is 0.0285. The molecule has 2 amide bonds. The average Bonchev–Trinajstić information content (AvgIpc) is 3.30. The molecule has 7 heteroatoms. The molecule has 0 spiro atoms. The van der Waals surface area contributed by atoms with E-state index in [2.05, 4.69) is 31.6 Å². The summed E-state index contributed by atoms with van der Waals surface area (Å²) in [6, 6.07) is 2.05. The second-order valence-corrected chi connectivity index (χ2v) is 6.36. The molecule has 0 aliphatic carbocycles. The highest BCUT2D eigenvalue weighted by Crippen LogP contribution is 2.35. The maximum atomic E-state index is 12.2. The van der Waals surface area contributed by atoms with Gasteiger partial charge in [-0.1, -0.05) is 13.3 Å². The molecule has 0 bridgehead atoms. The summed E-state index contributed by atoms with van der Waals surface area (Å²) in [5.41, 5.74) is 3.90. The molecule has 3 aromatic rings. The lowest BCUT2D eigenvalue weighted by molar-refractivity contribution is 0.207. The number of hydrogen-bond acceptors (Lipinski definition) is 3. The van der Waals surface area contributed by atoms with E-state index in [-0.39, 0.29) is 11.9 Å². The van der Waals surface area contributed by atoms with Gasteiger partial charge >= 0.3 is 6.03 Å². The number of hydrogen-bond donors (Lipinski definition) is 2. The Bertz CT molecular complexity index is 882. The van der Waals surface area contributed by atoms with Gasteiger partial charge in [-0.25, -0.2) is 14.8 Å². The molecule has 126 valence electrons. The largest absolute Gasteiger partial charge is 0.345 e. The molecule has 4 rings (SSSR count). The van der Waals surface area contributed by atoms with Crippen molar-refractivity contribution >= 4 is 22.8 Å². The van der Waals surface area contributed by atoms with E-state index < -0.39 is 0 Å². The SMILES string of the molecule is CCNC(=O)N1C[C@H](CC)[C@H](c2cnc3cnc4[nH]ccc4n23)C1. The standard InChI is InChI=1S/C17H22N6O/c1-3-11-9-22(17(24)18-4-2)10-12(11)14-7-20-15-8-21-16-13(23(14)15)5-6-19-16/h5-8,11-12,19H,3-4,9-10H2,1-2H3,(H,18,24)/t11-,12+/m0/s1. The molecule has 1 aliphatic heterocycles. The molecule has 7 nitrogen and oxygen atoms in total. The molecule has 0 aromatic carbocycles. The summed E-state index contributed by atoms with van der Waals surface area (Å²) >= 11 is 0. The number of aromatic nitrogens is 4. The fourth-order valence-corrected chi connectivity index (χ4v) is 3.80. The van der Waals surface area contributed by atoms with Crippen molar-refractivity contribution in [2.75, 3.05) is 19.6 Å². The lowest BCUT2D eigenvalue weighted by Gasteiger charge is -2.17. The van der Waals surface area contributed by atoms with Gasteiger partial charge in [-0.3, -0.25) is 4.40 Å².